The molecule has 0 radical (unpaired) electrons. The molecule has 10 nitrogen and oxygen atoms in total. The number of phenols is 2. The molecule has 0 atom stereocenters. The van der Waals surface area contributed by atoms with Crippen molar-refractivity contribution in [1.29, 1.82) is 0 Å². The molecule has 6 rings (SSSR count). The number of nitrogens with one attached hydrogen (secondary N) is 2. The van der Waals surface area contributed by atoms with Gasteiger partial charge in [0.05, 0.1) is 33.9 Å². The first kappa shape index (κ1) is 41.6. The Morgan fingerprint density at radius 1 is 0.643 bits per heavy atom. The number of aromatic nitrogens is 2. The molecule has 292 valence electrons. The molecule has 0 bridgehead atoms. The standard InChI is InChI=1S/2C22H23ClN2O3/c1-12(2)24-21(27)10-16-14(4)25(19-11-18(23)20(26)9-17(16)19)22(28)15-7-5-13(3)6-8-15;1-4-9-24-21(27)11-16-14(3)25(19-12-18(23)20(26)10-17(16)19)22(28)15-7-5-13(2)6-8-15/h5-9,11-12,26H,10H2,1-4H3,(H,24,27);5-8,10,12,26H,4,9,11H2,1-3H3,(H,24,27). The topological polar surface area (TPSA) is 143 Å². The molecule has 4 aromatic carbocycles. The van der Waals surface area contributed by atoms with E-state index in [0.29, 0.717) is 62.0 Å². The van der Waals surface area contributed by atoms with Crippen molar-refractivity contribution in [3.8, 4) is 11.5 Å². The van der Waals surface area contributed by atoms with Gasteiger partial charge in [-0.3, -0.25) is 28.3 Å². The molecule has 56 heavy (non-hydrogen) atoms. The van der Waals surface area contributed by atoms with Crippen LogP contribution in [0.15, 0.2) is 72.8 Å². The van der Waals surface area contributed by atoms with Crippen molar-refractivity contribution in [3.63, 3.8) is 0 Å². The zero-order valence-corrected chi connectivity index (χ0v) is 34.0. The molecule has 0 fully saturated rings. The van der Waals surface area contributed by atoms with Crippen molar-refractivity contribution in [3.05, 3.63) is 128 Å². The van der Waals surface area contributed by atoms with Crippen LogP contribution in [0.25, 0.3) is 21.8 Å². The third kappa shape index (κ3) is 8.93. The van der Waals surface area contributed by atoms with Gasteiger partial charge in [-0.1, -0.05) is 65.5 Å². The fourth-order valence-corrected chi connectivity index (χ4v) is 6.93. The van der Waals surface area contributed by atoms with Crippen molar-refractivity contribution in [2.24, 2.45) is 0 Å². The van der Waals surface area contributed by atoms with Gasteiger partial charge in [-0.25, -0.2) is 0 Å². The van der Waals surface area contributed by atoms with Crippen LogP contribution in [0.4, 0.5) is 0 Å². The second-order valence-electron chi connectivity index (χ2n) is 14.2. The summed E-state index contributed by atoms with van der Waals surface area (Å²) in [5, 5.41) is 27.5. The van der Waals surface area contributed by atoms with Gasteiger partial charge in [0, 0.05) is 45.9 Å². The molecule has 0 aliphatic rings. The lowest BCUT2D eigenvalue weighted by atomic mass is 10.1. The Morgan fingerprint density at radius 3 is 1.41 bits per heavy atom. The lowest BCUT2D eigenvalue weighted by Crippen LogP contribution is -2.31. The van der Waals surface area contributed by atoms with Gasteiger partial charge in [0.25, 0.3) is 11.8 Å². The second kappa shape index (κ2) is 17.5. The van der Waals surface area contributed by atoms with Crippen LogP contribution in [0, 0.1) is 27.7 Å². The highest BCUT2D eigenvalue weighted by Crippen LogP contribution is 2.36. The number of benzene rings is 4. The van der Waals surface area contributed by atoms with Gasteiger partial charge in [0.1, 0.15) is 11.5 Å². The summed E-state index contributed by atoms with van der Waals surface area (Å²) in [6.07, 6.45) is 1.07. The SMILES string of the molecule is CCCNC(=O)Cc1c(C)n(C(=O)c2ccc(C)cc2)c2cc(Cl)c(O)cc12.Cc1ccc(C(=O)n2c(C)c(CC(=O)NC(C)C)c3cc(O)c(Cl)cc32)cc1. The van der Waals surface area contributed by atoms with Crippen LogP contribution in [-0.4, -0.2) is 55.6 Å². The van der Waals surface area contributed by atoms with Crippen molar-refractivity contribution in [1.82, 2.24) is 19.8 Å². The molecule has 2 aromatic heterocycles. The Hall–Kier alpha value is -5.58. The first-order valence-corrected chi connectivity index (χ1v) is 19.1. The summed E-state index contributed by atoms with van der Waals surface area (Å²) in [6, 6.07) is 20.8. The van der Waals surface area contributed by atoms with Crippen molar-refractivity contribution >= 4 is 68.6 Å². The lowest BCUT2D eigenvalue weighted by molar-refractivity contribution is -0.121. The fourth-order valence-electron chi connectivity index (χ4n) is 6.62. The van der Waals surface area contributed by atoms with E-state index in [0.717, 1.165) is 17.5 Å². The van der Waals surface area contributed by atoms with Crippen LogP contribution in [0.1, 0.15) is 81.5 Å². The number of hydrogen-bond acceptors (Lipinski definition) is 6. The second-order valence-corrected chi connectivity index (χ2v) is 15.0. The van der Waals surface area contributed by atoms with E-state index in [2.05, 4.69) is 10.6 Å². The summed E-state index contributed by atoms with van der Waals surface area (Å²) in [4.78, 5) is 51.1. The van der Waals surface area contributed by atoms with Gasteiger partial charge in [0.2, 0.25) is 11.8 Å². The van der Waals surface area contributed by atoms with Crippen LogP contribution >= 0.6 is 23.2 Å². The number of carbonyl (C=O) groups is 4. The Bertz CT molecular complexity index is 2460. The Morgan fingerprint density at radius 2 is 1.04 bits per heavy atom. The maximum absolute atomic E-state index is 13.2. The minimum atomic E-state index is -0.209. The predicted octanol–water partition coefficient (Wildman–Crippen LogP) is 8.75. The first-order valence-electron chi connectivity index (χ1n) is 18.4. The third-order valence-corrected chi connectivity index (χ3v) is 10.1. The van der Waals surface area contributed by atoms with E-state index < -0.39 is 0 Å². The average molecular weight is 798 g/mol. The zero-order valence-electron chi connectivity index (χ0n) is 32.5. The van der Waals surface area contributed by atoms with Gasteiger partial charge in [-0.15, -0.1) is 0 Å². The predicted molar refractivity (Wildman–Crippen MR) is 223 cm³/mol. The van der Waals surface area contributed by atoms with Crippen molar-refractivity contribution in [2.45, 2.75) is 73.8 Å². The minimum absolute atomic E-state index is 0.0122. The summed E-state index contributed by atoms with van der Waals surface area (Å²) in [5.74, 6) is -0.844. The molecular formula is C44H46Cl2N4O6. The Balaban J connectivity index is 0.000000214. The monoisotopic (exact) mass is 796 g/mol. The summed E-state index contributed by atoms with van der Waals surface area (Å²) in [6.45, 7) is 13.9. The van der Waals surface area contributed by atoms with E-state index in [1.165, 1.54) is 12.1 Å². The maximum Gasteiger partial charge on any atom is 0.262 e. The maximum atomic E-state index is 13.2. The lowest BCUT2D eigenvalue weighted by Gasteiger charge is -2.10. The van der Waals surface area contributed by atoms with E-state index >= 15 is 0 Å². The number of aromatic hydroxyl groups is 2. The summed E-state index contributed by atoms with van der Waals surface area (Å²) in [7, 11) is 0. The average Bonchev–Trinajstić information content (AvgIpc) is 3.55. The molecule has 6 aromatic rings. The van der Waals surface area contributed by atoms with Crippen LogP contribution in [0.2, 0.25) is 10.0 Å². The molecule has 0 saturated carbocycles. The highest BCUT2D eigenvalue weighted by atomic mass is 35.5. The number of fused-ring (bicyclic) bond motifs is 2. The first-order chi connectivity index (χ1) is 26.5. The van der Waals surface area contributed by atoms with Gasteiger partial charge in [0.15, 0.2) is 0 Å². The van der Waals surface area contributed by atoms with E-state index in [1.54, 1.807) is 59.4 Å². The van der Waals surface area contributed by atoms with Crippen molar-refractivity contribution < 1.29 is 29.4 Å². The molecule has 0 spiro atoms. The molecule has 0 saturated heterocycles. The van der Waals surface area contributed by atoms with Gasteiger partial charge < -0.3 is 20.8 Å². The number of hydrogen-bond donors (Lipinski definition) is 4. The van der Waals surface area contributed by atoms with Crippen LogP contribution in [0.3, 0.4) is 0 Å². The third-order valence-electron chi connectivity index (χ3n) is 9.51. The van der Waals surface area contributed by atoms with Crippen LogP contribution in [0.5, 0.6) is 11.5 Å². The number of nitrogens with zero attached hydrogens (tertiary/aromatic N) is 2. The van der Waals surface area contributed by atoms with Crippen LogP contribution < -0.4 is 10.6 Å². The molecule has 2 heterocycles. The van der Waals surface area contributed by atoms with Gasteiger partial charge >= 0.3 is 0 Å². The quantitative estimate of drug-likeness (QED) is 0.115. The molecule has 12 heteroatoms. The number of halogens is 2. The van der Waals surface area contributed by atoms with Gasteiger partial charge in [-0.05, 0) is 108 Å². The summed E-state index contributed by atoms with van der Waals surface area (Å²) < 4.78 is 3.12. The highest BCUT2D eigenvalue weighted by Gasteiger charge is 2.24. The smallest absolute Gasteiger partial charge is 0.262 e. The van der Waals surface area contributed by atoms with E-state index in [9.17, 15) is 29.4 Å². The number of aryl methyl sites for hydroxylation is 2. The van der Waals surface area contributed by atoms with E-state index in [4.69, 9.17) is 23.2 Å². The van der Waals surface area contributed by atoms with Crippen LogP contribution in [-0.2, 0) is 22.4 Å². The number of rotatable bonds is 9. The highest BCUT2D eigenvalue weighted by molar-refractivity contribution is 6.33. The molecule has 0 unspecified atom stereocenters. The van der Waals surface area contributed by atoms with E-state index in [1.807, 2.05) is 58.9 Å². The molecular weight excluding hydrogens is 751 g/mol. The fraction of sp³-hybridized carbons (Fsp3) is 0.273. The Kier molecular flexibility index (Phi) is 13.0. The Labute approximate surface area is 336 Å². The normalized spacial score (nSPS) is 11.1. The summed E-state index contributed by atoms with van der Waals surface area (Å²) in [5.41, 5.74) is 7.05. The van der Waals surface area contributed by atoms with E-state index in [-0.39, 0.29) is 64.1 Å². The van der Waals surface area contributed by atoms with Crippen molar-refractivity contribution in [2.75, 3.05) is 6.54 Å². The largest absolute Gasteiger partial charge is 0.506 e. The minimum Gasteiger partial charge on any atom is -0.506 e. The molecule has 0 aliphatic carbocycles. The molecule has 2 amide bonds. The summed E-state index contributed by atoms with van der Waals surface area (Å²) >= 11 is 12.2. The molecule has 4 N–H and O–H groups in total. The number of amides is 2. The number of phenolic OH excluding ortho intramolecular Hbond substituents is 2. The van der Waals surface area contributed by atoms with Gasteiger partial charge in [-0.2, -0.15) is 0 Å². The molecule has 0 aliphatic heterocycles. The number of carbonyl (C=O) groups excluding carboxylic acids is 4. The zero-order chi connectivity index (χ0) is 41.0.